The Morgan fingerprint density at radius 3 is 2.67 bits per heavy atom. The number of nitrogens with one attached hydrogen (secondary N) is 1. The van der Waals surface area contributed by atoms with Crippen LogP contribution >= 0.6 is 0 Å². The number of hydrogen-bond donors (Lipinski definition) is 2. The highest BCUT2D eigenvalue weighted by Crippen LogP contribution is 2.17. The van der Waals surface area contributed by atoms with Crippen LogP contribution in [0, 0.1) is 13.8 Å². The van der Waals surface area contributed by atoms with Gasteiger partial charge in [0.1, 0.15) is 0 Å². The second-order valence-corrected chi connectivity index (χ2v) is 5.57. The number of carbonyl (C=O) groups excluding carboxylic acids is 1. The van der Waals surface area contributed by atoms with Crippen molar-refractivity contribution < 1.29 is 9.21 Å². The van der Waals surface area contributed by atoms with Gasteiger partial charge in [0.05, 0.1) is 12.1 Å². The van der Waals surface area contributed by atoms with E-state index in [0.717, 1.165) is 17.9 Å². The van der Waals surface area contributed by atoms with Crippen LogP contribution in [0.2, 0.25) is 0 Å². The zero-order valence-corrected chi connectivity index (χ0v) is 13.6. The lowest BCUT2D eigenvalue weighted by atomic mass is 10.2. The molecule has 0 atom stereocenters. The first-order valence-electron chi connectivity index (χ1n) is 7.61. The van der Waals surface area contributed by atoms with Gasteiger partial charge in [-0.1, -0.05) is 35.4 Å². The standard InChI is InChI=1S/C17H19N5O2/c1-11-8-14(16(23)19-9-15-20-21-17(18)24-15)12(2)22(11)10-13-6-4-3-5-7-13/h3-8H,9-10H2,1-2H3,(H2,18,21)(H,19,23). The first-order chi connectivity index (χ1) is 11.5. The zero-order chi connectivity index (χ0) is 17.1. The van der Waals surface area contributed by atoms with Gasteiger partial charge in [0, 0.05) is 17.9 Å². The minimum Gasteiger partial charge on any atom is -0.406 e. The van der Waals surface area contributed by atoms with E-state index in [4.69, 9.17) is 10.2 Å². The lowest BCUT2D eigenvalue weighted by molar-refractivity contribution is 0.0946. The topological polar surface area (TPSA) is 99.0 Å². The Labute approximate surface area is 139 Å². The molecule has 0 saturated heterocycles. The average Bonchev–Trinajstić information content (AvgIpc) is 3.12. The van der Waals surface area contributed by atoms with Crippen LogP contribution in [-0.4, -0.2) is 20.7 Å². The number of nitrogens with zero attached hydrogens (tertiary/aromatic N) is 3. The van der Waals surface area contributed by atoms with E-state index < -0.39 is 0 Å². The maximum Gasteiger partial charge on any atom is 0.312 e. The van der Waals surface area contributed by atoms with Gasteiger partial charge < -0.3 is 20.0 Å². The fourth-order valence-electron chi connectivity index (χ4n) is 2.63. The maximum absolute atomic E-state index is 12.4. The Hall–Kier alpha value is -3.09. The monoisotopic (exact) mass is 325 g/mol. The molecule has 3 aromatic rings. The largest absolute Gasteiger partial charge is 0.406 e. The molecule has 0 fully saturated rings. The summed E-state index contributed by atoms with van der Waals surface area (Å²) in [6.45, 7) is 4.80. The molecule has 1 amide bonds. The highest BCUT2D eigenvalue weighted by Gasteiger charge is 2.16. The molecule has 2 aromatic heterocycles. The molecule has 1 aromatic carbocycles. The molecule has 124 valence electrons. The van der Waals surface area contributed by atoms with Crippen molar-refractivity contribution in [3.63, 3.8) is 0 Å². The molecule has 0 unspecified atom stereocenters. The minimum absolute atomic E-state index is 0.0136. The van der Waals surface area contributed by atoms with E-state index in [1.54, 1.807) is 0 Å². The molecule has 3 N–H and O–H groups in total. The Balaban J connectivity index is 1.74. The van der Waals surface area contributed by atoms with E-state index in [1.807, 2.05) is 38.1 Å². The van der Waals surface area contributed by atoms with Gasteiger partial charge in [-0.2, -0.15) is 0 Å². The summed E-state index contributed by atoms with van der Waals surface area (Å²) in [6, 6.07) is 12.0. The molecule has 0 spiro atoms. The number of benzene rings is 1. The molecule has 0 radical (unpaired) electrons. The molecule has 0 aliphatic heterocycles. The molecule has 2 heterocycles. The van der Waals surface area contributed by atoms with Crippen LogP contribution in [0.5, 0.6) is 0 Å². The molecule has 0 aliphatic rings. The average molecular weight is 325 g/mol. The minimum atomic E-state index is -0.181. The molecular weight excluding hydrogens is 306 g/mol. The highest BCUT2D eigenvalue weighted by molar-refractivity contribution is 5.95. The molecule has 0 aliphatic carbocycles. The van der Waals surface area contributed by atoms with Crippen LogP contribution in [0.25, 0.3) is 0 Å². The summed E-state index contributed by atoms with van der Waals surface area (Å²) >= 11 is 0. The van der Waals surface area contributed by atoms with Crippen molar-refractivity contribution in [3.8, 4) is 0 Å². The smallest absolute Gasteiger partial charge is 0.312 e. The van der Waals surface area contributed by atoms with Crippen LogP contribution in [-0.2, 0) is 13.1 Å². The van der Waals surface area contributed by atoms with Gasteiger partial charge in [-0.25, -0.2) is 0 Å². The van der Waals surface area contributed by atoms with Crippen molar-refractivity contribution in [1.29, 1.82) is 0 Å². The van der Waals surface area contributed by atoms with Crippen LogP contribution in [0.3, 0.4) is 0 Å². The van der Waals surface area contributed by atoms with Crippen molar-refractivity contribution >= 4 is 11.9 Å². The van der Waals surface area contributed by atoms with Gasteiger partial charge in [-0.05, 0) is 25.5 Å². The predicted octanol–water partition coefficient (Wildman–Crippen LogP) is 2.05. The normalized spacial score (nSPS) is 10.8. The van der Waals surface area contributed by atoms with Crippen LogP contribution in [0.1, 0.15) is 33.2 Å². The number of nitrogens with two attached hydrogens (primary N) is 1. The summed E-state index contributed by atoms with van der Waals surface area (Å²) < 4.78 is 7.16. The van der Waals surface area contributed by atoms with Gasteiger partial charge in [-0.15, -0.1) is 5.10 Å². The number of aromatic nitrogens is 3. The number of anilines is 1. The van der Waals surface area contributed by atoms with Gasteiger partial charge in [0.25, 0.3) is 5.91 Å². The van der Waals surface area contributed by atoms with Crippen LogP contribution in [0.4, 0.5) is 6.01 Å². The molecule has 7 heteroatoms. The highest BCUT2D eigenvalue weighted by atomic mass is 16.4. The Morgan fingerprint density at radius 2 is 2.00 bits per heavy atom. The number of amides is 1. The van der Waals surface area contributed by atoms with E-state index in [1.165, 1.54) is 5.56 Å². The predicted molar refractivity (Wildman–Crippen MR) is 89.3 cm³/mol. The number of carbonyl (C=O) groups is 1. The second-order valence-electron chi connectivity index (χ2n) is 5.57. The lowest BCUT2D eigenvalue weighted by Crippen LogP contribution is -2.23. The summed E-state index contributed by atoms with van der Waals surface area (Å²) in [5, 5.41) is 10.0. The molecule has 24 heavy (non-hydrogen) atoms. The number of nitrogen functional groups attached to an aromatic ring is 1. The van der Waals surface area contributed by atoms with Crippen LogP contribution in [0.15, 0.2) is 40.8 Å². The summed E-state index contributed by atoms with van der Waals surface area (Å²) in [6.07, 6.45) is 0. The first-order valence-corrected chi connectivity index (χ1v) is 7.61. The van der Waals surface area contributed by atoms with Crippen molar-refractivity contribution in [2.45, 2.75) is 26.9 Å². The third-order valence-electron chi connectivity index (χ3n) is 3.88. The fraction of sp³-hybridized carbons (Fsp3) is 0.235. The third kappa shape index (κ3) is 3.29. The number of rotatable bonds is 5. The van der Waals surface area contributed by atoms with E-state index in [-0.39, 0.29) is 24.4 Å². The van der Waals surface area contributed by atoms with Crippen molar-refractivity contribution in [3.05, 3.63) is 64.8 Å². The van der Waals surface area contributed by atoms with E-state index in [9.17, 15) is 4.79 Å². The summed E-state index contributed by atoms with van der Waals surface area (Å²) in [5.41, 5.74) is 9.13. The zero-order valence-electron chi connectivity index (χ0n) is 13.6. The van der Waals surface area contributed by atoms with Gasteiger partial charge in [0.15, 0.2) is 0 Å². The van der Waals surface area contributed by atoms with Crippen molar-refractivity contribution in [1.82, 2.24) is 20.1 Å². The third-order valence-corrected chi connectivity index (χ3v) is 3.88. The van der Waals surface area contributed by atoms with Crippen LogP contribution < -0.4 is 11.1 Å². The number of hydrogen-bond acceptors (Lipinski definition) is 5. The summed E-state index contributed by atoms with van der Waals surface area (Å²) in [7, 11) is 0. The molecule has 0 bridgehead atoms. The Morgan fingerprint density at radius 1 is 1.25 bits per heavy atom. The van der Waals surface area contributed by atoms with Gasteiger partial charge >= 0.3 is 6.01 Å². The summed E-state index contributed by atoms with van der Waals surface area (Å²) in [5.74, 6) is 0.0955. The maximum atomic E-state index is 12.4. The van der Waals surface area contributed by atoms with Gasteiger partial charge in [0.2, 0.25) is 5.89 Å². The molecule has 7 nitrogen and oxygen atoms in total. The quantitative estimate of drug-likeness (QED) is 0.748. The van der Waals surface area contributed by atoms with E-state index in [0.29, 0.717) is 5.56 Å². The SMILES string of the molecule is Cc1cc(C(=O)NCc2nnc(N)o2)c(C)n1Cc1ccccc1. The van der Waals surface area contributed by atoms with E-state index >= 15 is 0 Å². The molecular formula is C17H19N5O2. The van der Waals surface area contributed by atoms with Crippen molar-refractivity contribution in [2.24, 2.45) is 0 Å². The molecule has 0 saturated carbocycles. The Bertz CT molecular complexity index is 851. The second kappa shape index (κ2) is 6.57. The number of aryl methyl sites for hydroxylation is 1. The summed E-state index contributed by atoms with van der Waals surface area (Å²) in [4.78, 5) is 12.4. The molecule has 3 rings (SSSR count). The van der Waals surface area contributed by atoms with E-state index in [2.05, 4.69) is 32.2 Å². The van der Waals surface area contributed by atoms with Gasteiger partial charge in [-0.3, -0.25) is 4.79 Å². The fourth-order valence-corrected chi connectivity index (χ4v) is 2.63. The first kappa shape index (κ1) is 15.8. The lowest BCUT2D eigenvalue weighted by Gasteiger charge is -2.10. The van der Waals surface area contributed by atoms with Crippen molar-refractivity contribution in [2.75, 3.05) is 5.73 Å². The Kier molecular flexibility index (Phi) is 4.33.